The van der Waals surface area contributed by atoms with Crippen molar-refractivity contribution in [1.29, 1.82) is 0 Å². The second-order valence-corrected chi connectivity index (χ2v) is 5.78. The van der Waals surface area contributed by atoms with Gasteiger partial charge in [-0.2, -0.15) is 0 Å². The molecule has 0 saturated carbocycles. The summed E-state index contributed by atoms with van der Waals surface area (Å²) in [4.78, 5) is 13.4. The van der Waals surface area contributed by atoms with Crippen molar-refractivity contribution in [1.82, 2.24) is 4.90 Å². The van der Waals surface area contributed by atoms with Gasteiger partial charge in [-0.25, -0.2) is 4.79 Å². The lowest BCUT2D eigenvalue weighted by atomic mass is 10.1. The number of carboxylic acids is 1. The fourth-order valence-corrected chi connectivity index (χ4v) is 2.78. The fraction of sp³-hybridized carbons (Fsp3) is 0.500. The van der Waals surface area contributed by atoms with Gasteiger partial charge in [-0.3, -0.25) is 0 Å². The minimum atomic E-state index is -0.958. The van der Waals surface area contributed by atoms with Crippen LogP contribution in [0.3, 0.4) is 0 Å². The molecule has 0 aromatic heterocycles. The first-order valence-corrected chi connectivity index (χ1v) is 7.23. The van der Waals surface area contributed by atoms with Gasteiger partial charge in [0.1, 0.15) is 11.3 Å². The molecule has 0 radical (unpaired) electrons. The predicted molar refractivity (Wildman–Crippen MR) is 76.9 cm³/mol. The van der Waals surface area contributed by atoms with E-state index in [0.29, 0.717) is 18.4 Å². The molecule has 1 aromatic rings. The molecule has 2 rings (SSSR count). The molecule has 1 saturated heterocycles. The quantitative estimate of drug-likeness (QED) is 0.903. The first-order chi connectivity index (χ1) is 9.08. The third kappa shape index (κ3) is 3.70. The molecule has 0 spiro atoms. The van der Waals surface area contributed by atoms with Crippen molar-refractivity contribution in [3.63, 3.8) is 0 Å². The van der Waals surface area contributed by atoms with E-state index < -0.39 is 5.97 Å². The molecule has 5 heteroatoms. The minimum absolute atomic E-state index is 0.211. The molecule has 1 N–H and O–H groups in total. The fourth-order valence-electron chi connectivity index (χ4n) is 2.44. The Kier molecular flexibility index (Phi) is 4.82. The van der Waals surface area contributed by atoms with Crippen LogP contribution in [0, 0.1) is 0 Å². The molecule has 0 amide bonds. The molecule has 1 aliphatic heterocycles. The van der Waals surface area contributed by atoms with Crippen molar-refractivity contribution >= 4 is 21.9 Å². The zero-order valence-corrected chi connectivity index (χ0v) is 12.5. The summed E-state index contributed by atoms with van der Waals surface area (Å²) in [5.74, 6) is -0.525. The van der Waals surface area contributed by atoms with Gasteiger partial charge < -0.3 is 14.7 Å². The number of hydrogen-bond acceptors (Lipinski definition) is 3. The summed E-state index contributed by atoms with van der Waals surface area (Å²) in [5.41, 5.74) is 0.211. The molecule has 1 unspecified atom stereocenters. The Morgan fingerprint density at radius 2 is 2.37 bits per heavy atom. The van der Waals surface area contributed by atoms with Crippen molar-refractivity contribution in [2.45, 2.75) is 25.3 Å². The normalized spacial score (nSPS) is 19.6. The number of carboxylic acid groups (broad SMARTS) is 1. The second kappa shape index (κ2) is 6.39. The van der Waals surface area contributed by atoms with Crippen LogP contribution in [0.2, 0.25) is 0 Å². The van der Waals surface area contributed by atoms with Crippen LogP contribution in [0.4, 0.5) is 0 Å². The number of ether oxygens (including phenoxy) is 1. The van der Waals surface area contributed by atoms with E-state index in [1.54, 1.807) is 18.2 Å². The molecule has 1 heterocycles. The Morgan fingerprint density at radius 3 is 3.00 bits per heavy atom. The third-order valence-electron chi connectivity index (χ3n) is 3.55. The highest BCUT2D eigenvalue weighted by Gasteiger charge is 2.20. The highest BCUT2D eigenvalue weighted by Crippen LogP contribution is 2.25. The lowest BCUT2D eigenvalue weighted by Crippen LogP contribution is -2.26. The SMILES string of the molecule is CN1CCCC1CCOc1cc(Br)ccc1C(=O)O. The highest BCUT2D eigenvalue weighted by molar-refractivity contribution is 9.10. The molecular weight excluding hydrogens is 310 g/mol. The van der Waals surface area contributed by atoms with Crippen molar-refractivity contribution in [3.8, 4) is 5.75 Å². The Labute approximate surface area is 121 Å². The maximum atomic E-state index is 11.1. The first-order valence-electron chi connectivity index (χ1n) is 6.44. The number of halogens is 1. The van der Waals surface area contributed by atoms with Gasteiger partial charge in [0.05, 0.1) is 6.61 Å². The van der Waals surface area contributed by atoms with Gasteiger partial charge >= 0.3 is 5.97 Å². The highest BCUT2D eigenvalue weighted by atomic mass is 79.9. The van der Waals surface area contributed by atoms with Crippen LogP contribution in [0.1, 0.15) is 29.6 Å². The maximum Gasteiger partial charge on any atom is 0.339 e. The number of rotatable bonds is 5. The third-order valence-corrected chi connectivity index (χ3v) is 4.05. The zero-order chi connectivity index (χ0) is 13.8. The molecule has 1 aliphatic rings. The average Bonchev–Trinajstić information content (AvgIpc) is 2.75. The van der Waals surface area contributed by atoms with Crippen LogP contribution in [0.15, 0.2) is 22.7 Å². The topological polar surface area (TPSA) is 49.8 Å². The van der Waals surface area contributed by atoms with Gasteiger partial charge in [0, 0.05) is 10.5 Å². The number of nitrogens with zero attached hydrogens (tertiary/aromatic N) is 1. The monoisotopic (exact) mass is 327 g/mol. The summed E-state index contributed by atoms with van der Waals surface area (Å²) < 4.78 is 6.48. The van der Waals surface area contributed by atoms with E-state index in [1.807, 2.05) is 0 Å². The summed E-state index contributed by atoms with van der Waals surface area (Å²) in [5, 5.41) is 9.11. The number of likely N-dealkylation sites (tertiary alicyclic amines) is 1. The standard InChI is InChI=1S/C14H18BrNO3/c1-16-7-2-3-11(16)6-8-19-13-9-10(15)4-5-12(13)14(17)18/h4-5,9,11H,2-3,6-8H2,1H3,(H,17,18). The Balaban J connectivity index is 1.95. The molecular formula is C14H18BrNO3. The van der Waals surface area contributed by atoms with E-state index in [2.05, 4.69) is 27.9 Å². The number of aromatic carboxylic acids is 1. The summed E-state index contributed by atoms with van der Waals surface area (Å²) in [6.07, 6.45) is 3.37. The second-order valence-electron chi connectivity index (χ2n) is 4.86. The average molecular weight is 328 g/mol. The van der Waals surface area contributed by atoms with Gasteiger partial charge in [0.2, 0.25) is 0 Å². The predicted octanol–water partition coefficient (Wildman–Crippen LogP) is 3.01. The van der Waals surface area contributed by atoms with Gasteiger partial charge in [-0.15, -0.1) is 0 Å². The smallest absolute Gasteiger partial charge is 0.339 e. The Bertz CT molecular complexity index is 464. The molecule has 0 bridgehead atoms. The summed E-state index contributed by atoms with van der Waals surface area (Å²) in [7, 11) is 2.12. The lowest BCUT2D eigenvalue weighted by molar-refractivity contribution is 0.0692. The largest absolute Gasteiger partial charge is 0.493 e. The minimum Gasteiger partial charge on any atom is -0.493 e. The van der Waals surface area contributed by atoms with Gasteiger partial charge in [0.15, 0.2) is 0 Å². The van der Waals surface area contributed by atoms with E-state index >= 15 is 0 Å². The van der Waals surface area contributed by atoms with Crippen LogP contribution in [0.5, 0.6) is 5.75 Å². The number of benzene rings is 1. The van der Waals surface area contributed by atoms with Crippen LogP contribution < -0.4 is 4.74 Å². The molecule has 1 fully saturated rings. The van der Waals surface area contributed by atoms with E-state index in [0.717, 1.165) is 17.4 Å². The van der Waals surface area contributed by atoms with Gasteiger partial charge in [-0.1, -0.05) is 15.9 Å². The van der Waals surface area contributed by atoms with E-state index in [9.17, 15) is 4.79 Å². The maximum absolute atomic E-state index is 11.1. The van der Waals surface area contributed by atoms with Crippen molar-refractivity contribution in [2.24, 2.45) is 0 Å². The van der Waals surface area contributed by atoms with Crippen LogP contribution >= 0.6 is 15.9 Å². The van der Waals surface area contributed by atoms with Gasteiger partial charge in [-0.05, 0) is 51.1 Å². The summed E-state index contributed by atoms with van der Waals surface area (Å²) in [6, 6.07) is 5.53. The number of carbonyl (C=O) groups is 1. The van der Waals surface area contributed by atoms with Crippen molar-refractivity contribution in [3.05, 3.63) is 28.2 Å². The van der Waals surface area contributed by atoms with Crippen LogP contribution in [-0.4, -0.2) is 42.2 Å². The van der Waals surface area contributed by atoms with Gasteiger partial charge in [0.25, 0.3) is 0 Å². The molecule has 1 aromatic carbocycles. The molecule has 0 aliphatic carbocycles. The van der Waals surface area contributed by atoms with E-state index in [4.69, 9.17) is 9.84 Å². The molecule has 4 nitrogen and oxygen atoms in total. The van der Waals surface area contributed by atoms with Crippen molar-refractivity contribution < 1.29 is 14.6 Å². The van der Waals surface area contributed by atoms with E-state index in [-0.39, 0.29) is 5.56 Å². The van der Waals surface area contributed by atoms with Crippen molar-refractivity contribution in [2.75, 3.05) is 20.2 Å². The Hall–Kier alpha value is -1.07. The molecule has 104 valence electrons. The van der Waals surface area contributed by atoms with E-state index in [1.165, 1.54) is 12.8 Å². The Morgan fingerprint density at radius 1 is 1.58 bits per heavy atom. The first kappa shape index (κ1) is 14.3. The summed E-state index contributed by atoms with van der Waals surface area (Å²) >= 11 is 3.33. The molecule has 1 atom stereocenters. The lowest BCUT2D eigenvalue weighted by Gasteiger charge is -2.19. The zero-order valence-electron chi connectivity index (χ0n) is 10.9. The molecule has 19 heavy (non-hydrogen) atoms. The van der Waals surface area contributed by atoms with Crippen LogP contribution in [-0.2, 0) is 0 Å². The van der Waals surface area contributed by atoms with Crippen LogP contribution in [0.25, 0.3) is 0 Å². The summed E-state index contributed by atoms with van der Waals surface area (Å²) in [6.45, 7) is 1.69. The number of hydrogen-bond donors (Lipinski definition) is 1.